The van der Waals surface area contributed by atoms with Gasteiger partial charge in [0.25, 0.3) is 5.91 Å². The fourth-order valence-corrected chi connectivity index (χ4v) is 3.70. The third kappa shape index (κ3) is 2.81. The molecule has 0 N–H and O–H groups in total. The summed E-state index contributed by atoms with van der Waals surface area (Å²) in [5.74, 6) is 0.187. The van der Waals surface area contributed by atoms with Gasteiger partial charge < -0.3 is 9.64 Å². The Labute approximate surface area is 125 Å². The zero-order valence-electron chi connectivity index (χ0n) is 12.7. The second-order valence-electron chi connectivity index (χ2n) is 6.06. The fourth-order valence-electron chi connectivity index (χ4n) is 3.70. The maximum Gasteiger partial charge on any atom is 0.254 e. The normalized spacial score (nSPS) is 25.2. The van der Waals surface area contributed by atoms with E-state index in [1.165, 1.54) is 0 Å². The van der Waals surface area contributed by atoms with E-state index < -0.39 is 5.60 Å². The summed E-state index contributed by atoms with van der Waals surface area (Å²) in [6, 6.07) is 0.241. The number of nitrogens with zero attached hydrogens (tertiary/aromatic N) is 4. The van der Waals surface area contributed by atoms with E-state index in [4.69, 9.17) is 4.74 Å². The molecule has 1 aliphatic carbocycles. The lowest BCUT2D eigenvalue weighted by atomic mass is 9.97. The maximum atomic E-state index is 13.0. The highest BCUT2D eigenvalue weighted by molar-refractivity contribution is 5.85. The summed E-state index contributed by atoms with van der Waals surface area (Å²) in [5, 5.41) is 7.95. The van der Waals surface area contributed by atoms with Gasteiger partial charge in [0, 0.05) is 25.9 Å². The second kappa shape index (κ2) is 6.13. The lowest BCUT2D eigenvalue weighted by Crippen LogP contribution is -2.52. The van der Waals surface area contributed by atoms with Gasteiger partial charge in [0.15, 0.2) is 0 Å². The molecule has 3 rings (SSSR count). The van der Waals surface area contributed by atoms with E-state index in [0.717, 1.165) is 51.6 Å². The van der Waals surface area contributed by atoms with Crippen LogP contribution in [0.1, 0.15) is 51.5 Å². The predicted molar refractivity (Wildman–Crippen MR) is 77.7 cm³/mol. The van der Waals surface area contributed by atoms with Gasteiger partial charge in [-0.25, -0.2) is 4.68 Å². The SMILES string of the molecule is CCOC1(C(=O)N2CCCC(n3ccnn3)C2)CCCC1. The van der Waals surface area contributed by atoms with Gasteiger partial charge in [-0.3, -0.25) is 4.79 Å². The molecule has 2 heterocycles. The van der Waals surface area contributed by atoms with Crippen molar-refractivity contribution in [2.24, 2.45) is 0 Å². The monoisotopic (exact) mass is 292 g/mol. The Hall–Kier alpha value is -1.43. The lowest BCUT2D eigenvalue weighted by Gasteiger charge is -2.38. The van der Waals surface area contributed by atoms with E-state index in [1.807, 2.05) is 22.7 Å². The van der Waals surface area contributed by atoms with Gasteiger partial charge in [-0.1, -0.05) is 5.21 Å². The van der Waals surface area contributed by atoms with Crippen molar-refractivity contribution in [1.82, 2.24) is 19.9 Å². The van der Waals surface area contributed by atoms with Crippen LogP contribution in [-0.2, 0) is 9.53 Å². The molecule has 1 aliphatic heterocycles. The Morgan fingerprint density at radius 1 is 1.38 bits per heavy atom. The van der Waals surface area contributed by atoms with Crippen LogP contribution in [0.3, 0.4) is 0 Å². The molecular weight excluding hydrogens is 268 g/mol. The highest BCUT2D eigenvalue weighted by Gasteiger charge is 2.45. The van der Waals surface area contributed by atoms with Crippen molar-refractivity contribution in [3.05, 3.63) is 12.4 Å². The highest BCUT2D eigenvalue weighted by Crippen LogP contribution is 2.36. The summed E-state index contributed by atoms with van der Waals surface area (Å²) in [4.78, 5) is 15.0. The van der Waals surface area contributed by atoms with Gasteiger partial charge in [-0.05, 0) is 45.4 Å². The molecule has 0 aromatic carbocycles. The molecule has 1 aromatic heterocycles. The molecule has 6 heteroatoms. The van der Waals surface area contributed by atoms with Gasteiger partial charge in [-0.15, -0.1) is 5.10 Å². The molecule has 1 atom stereocenters. The summed E-state index contributed by atoms with van der Waals surface area (Å²) in [6.07, 6.45) is 9.55. The molecule has 1 saturated heterocycles. The van der Waals surface area contributed by atoms with Crippen molar-refractivity contribution in [2.75, 3.05) is 19.7 Å². The number of carbonyl (C=O) groups is 1. The standard InChI is InChI=1S/C15H24N4O2/c1-2-21-15(7-3-4-8-15)14(20)18-10-5-6-13(12-18)19-11-9-16-17-19/h9,11,13H,2-8,10,12H2,1H3. The van der Waals surface area contributed by atoms with Crippen LogP contribution in [0.2, 0.25) is 0 Å². The van der Waals surface area contributed by atoms with Crippen molar-refractivity contribution < 1.29 is 9.53 Å². The van der Waals surface area contributed by atoms with Crippen LogP contribution in [0.4, 0.5) is 0 Å². The van der Waals surface area contributed by atoms with Crippen LogP contribution in [-0.4, -0.2) is 51.1 Å². The van der Waals surface area contributed by atoms with E-state index in [2.05, 4.69) is 10.3 Å². The molecule has 2 aliphatic rings. The van der Waals surface area contributed by atoms with Crippen molar-refractivity contribution in [1.29, 1.82) is 0 Å². The number of rotatable bonds is 4. The number of hydrogen-bond donors (Lipinski definition) is 0. The molecule has 0 spiro atoms. The molecule has 0 radical (unpaired) electrons. The van der Waals surface area contributed by atoms with Crippen LogP contribution < -0.4 is 0 Å². The third-order valence-electron chi connectivity index (χ3n) is 4.72. The number of aromatic nitrogens is 3. The number of hydrogen-bond acceptors (Lipinski definition) is 4. The van der Waals surface area contributed by atoms with E-state index in [-0.39, 0.29) is 11.9 Å². The Balaban J connectivity index is 1.71. The number of amides is 1. The van der Waals surface area contributed by atoms with Gasteiger partial charge >= 0.3 is 0 Å². The molecular formula is C15H24N4O2. The molecule has 1 saturated carbocycles. The van der Waals surface area contributed by atoms with Crippen molar-refractivity contribution in [2.45, 2.75) is 57.1 Å². The molecule has 1 amide bonds. The first-order chi connectivity index (χ1) is 10.2. The van der Waals surface area contributed by atoms with Gasteiger partial charge in [0.1, 0.15) is 5.60 Å². The van der Waals surface area contributed by atoms with Crippen LogP contribution in [0.15, 0.2) is 12.4 Å². The second-order valence-corrected chi connectivity index (χ2v) is 6.06. The highest BCUT2D eigenvalue weighted by atomic mass is 16.5. The summed E-state index contributed by atoms with van der Waals surface area (Å²) in [5.41, 5.74) is -0.557. The first-order valence-electron chi connectivity index (χ1n) is 8.04. The Kier molecular flexibility index (Phi) is 4.24. The van der Waals surface area contributed by atoms with Crippen LogP contribution in [0, 0.1) is 0 Å². The molecule has 116 valence electrons. The number of ether oxygens (including phenoxy) is 1. The lowest BCUT2D eigenvalue weighted by molar-refractivity contribution is -0.159. The summed E-state index contributed by atoms with van der Waals surface area (Å²) < 4.78 is 7.78. The van der Waals surface area contributed by atoms with E-state index >= 15 is 0 Å². The zero-order valence-corrected chi connectivity index (χ0v) is 12.7. The number of carbonyl (C=O) groups excluding carboxylic acids is 1. The van der Waals surface area contributed by atoms with Gasteiger partial charge in [-0.2, -0.15) is 0 Å². The minimum Gasteiger partial charge on any atom is -0.365 e. The molecule has 21 heavy (non-hydrogen) atoms. The number of likely N-dealkylation sites (tertiary alicyclic amines) is 1. The van der Waals surface area contributed by atoms with Crippen LogP contribution >= 0.6 is 0 Å². The first-order valence-corrected chi connectivity index (χ1v) is 8.04. The Bertz CT molecular complexity index is 468. The van der Waals surface area contributed by atoms with Crippen LogP contribution in [0.5, 0.6) is 0 Å². The predicted octanol–water partition coefficient (Wildman–Crippen LogP) is 1.79. The Morgan fingerprint density at radius 3 is 2.86 bits per heavy atom. The molecule has 1 aromatic rings. The molecule has 2 fully saturated rings. The third-order valence-corrected chi connectivity index (χ3v) is 4.72. The van der Waals surface area contributed by atoms with E-state index in [9.17, 15) is 4.79 Å². The first kappa shape index (κ1) is 14.5. The van der Waals surface area contributed by atoms with Gasteiger partial charge in [0.05, 0.1) is 12.2 Å². The van der Waals surface area contributed by atoms with E-state index in [1.54, 1.807) is 6.20 Å². The fraction of sp³-hybridized carbons (Fsp3) is 0.800. The van der Waals surface area contributed by atoms with E-state index in [0.29, 0.717) is 6.61 Å². The average Bonchev–Trinajstić information content (AvgIpc) is 3.19. The average molecular weight is 292 g/mol. The van der Waals surface area contributed by atoms with Crippen LogP contribution in [0.25, 0.3) is 0 Å². The zero-order chi connectivity index (χ0) is 14.7. The van der Waals surface area contributed by atoms with Crippen molar-refractivity contribution in [3.63, 3.8) is 0 Å². The molecule has 0 bridgehead atoms. The Morgan fingerprint density at radius 2 is 2.19 bits per heavy atom. The number of piperidine rings is 1. The van der Waals surface area contributed by atoms with Crippen molar-refractivity contribution in [3.8, 4) is 0 Å². The summed E-state index contributed by atoms with van der Waals surface area (Å²) in [6.45, 7) is 4.13. The minimum atomic E-state index is -0.557. The summed E-state index contributed by atoms with van der Waals surface area (Å²) in [7, 11) is 0. The quantitative estimate of drug-likeness (QED) is 0.849. The van der Waals surface area contributed by atoms with Gasteiger partial charge in [0.2, 0.25) is 0 Å². The largest absolute Gasteiger partial charge is 0.365 e. The molecule has 1 unspecified atom stereocenters. The molecule has 6 nitrogen and oxygen atoms in total. The van der Waals surface area contributed by atoms with Crippen molar-refractivity contribution >= 4 is 5.91 Å². The smallest absolute Gasteiger partial charge is 0.254 e. The summed E-state index contributed by atoms with van der Waals surface area (Å²) >= 11 is 0. The maximum absolute atomic E-state index is 13.0. The topological polar surface area (TPSA) is 60.2 Å². The minimum absolute atomic E-state index is 0.187.